The molecule has 0 unspecified atom stereocenters. The van der Waals surface area contributed by atoms with Gasteiger partial charge >= 0.3 is 5.97 Å². The number of benzene rings is 1. The van der Waals surface area contributed by atoms with E-state index in [1.807, 2.05) is 39.8 Å². The van der Waals surface area contributed by atoms with Gasteiger partial charge < -0.3 is 15.2 Å². The summed E-state index contributed by atoms with van der Waals surface area (Å²) in [5, 5.41) is 0.556. The van der Waals surface area contributed by atoms with Crippen LogP contribution in [0.25, 0.3) is 10.2 Å². The first-order valence-electron chi connectivity index (χ1n) is 7.26. The number of rotatable bonds is 5. The van der Waals surface area contributed by atoms with Crippen LogP contribution in [-0.2, 0) is 9.53 Å². The first-order valence-corrected chi connectivity index (χ1v) is 8.07. The lowest BCUT2D eigenvalue weighted by molar-refractivity contribution is -0.155. The van der Waals surface area contributed by atoms with Gasteiger partial charge in [0, 0.05) is 6.42 Å². The van der Waals surface area contributed by atoms with Gasteiger partial charge in [0.05, 0.1) is 16.8 Å². The lowest BCUT2D eigenvalue weighted by Crippen LogP contribution is -2.23. The number of anilines is 1. The van der Waals surface area contributed by atoms with Crippen molar-refractivity contribution in [2.24, 2.45) is 0 Å². The van der Waals surface area contributed by atoms with Crippen molar-refractivity contribution >= 4 is 32.7 Å². The summed E-state index contributed by atoms with van der Waals surface area (Å²) >= 11 is 1.44. The third kappa shape index (κ3) is 4.59. The summed E-state index contributed by atoms with van der Waals surface area (Å²) in [4.78, 5) is 15.9. The minimum absolute atomic E-state index is 0.196. The second-order valence-corrected chi connectivity index (χ2v) is 7.24. The van der Waals surface area contributed by atoms with E-state index in [4.69, 9.17) is 15.2 Å². The molecule has 22 heavy (non-hydrogen) atoms. The van der Waals surface area contributed by atoms with E-state index in [1.165, 1.54) is 11.3 Å². The van der Waals surface area contributed by atoms with E-state index in [9.17, 15) is 4.79 Å². The Morgan fingerprint density at radius 1 is 1.36 bits per heavy atom. The lowest BCUT2D eigenvalue weighted by atomic mass is 10.2. The molecule has 1 aromatic carbocycles. The van der Waals surface area contributed by atoms with Crippen molar-refractivity contribution in [3.63, 3.8) is 0 Å². The summed E-state index contributed by atoms with van der Waals surface area (Å²) in [6.07, 6.45) is 0.975. The SMILES string of the molecule is Cc1cc(OCCCC(=O)OC(C)(C)C)cc2sc(N)nc12. The standard InChI is InChI=1S/C16H22N2O3S/c1-10-8-11(9-12-14(10)18-15(17)22-12)20-7-5-6-13(19)21-16(2,3)4/h8-9H,5-7H2,1-4H3,(H2,17,18). The number of nitrogen functional groups attached to an aromatic ring is 1. The largest absolute Gasteiger partial charge is 0.494 e. The van der Waals surface area contributed by atoms with Crippen LogP contribution in [0, 0.1) is 6.92 Å². The van der Waals surface area contributed by atoms with E-state index < -0.39 is 5.60 Å². The van der Waals surface area contributed by atoms with Crippen LogP contribution in [0.5, 0.6) is 5.75 Å². The molecule has 0 radical (unpaired) electrons. The van der Waals surface area contributed by atoms with E-state index in [2.05, 4.69) is 4.98 Å². The Morgan fingerprint density at radius 2 is 2.09 bits per heavy atom. The average molecular weight is 322 g/mol. The highest BCUT2D eigenvalue weighted by Crippen LogP contribution is 2.30. The van der Waals surface area contributed by atoms with Crippen molar-refractivity contribution < 1.29 is 14.3 Å². The number of fused-ring (bicyclic) bond motifs is 1. The predicted molar refractivity (Wildman–Crippen MR) is 89.3 cm³/mol. The third-order valence-corrected chi connectivity index (χ3v) is 3.72. The summed E-state index contributed by atoms with van der Waals surface area (Å²) < 4.78 is 12.0. The number of hydrogen-bond donors (Lipinski definition) is 1. The maximum atomic E-state index is 11.6. The second kappa shape index (κ2) is 6.52. The highest BCUT2D eigenvalue weighted by molar-refractivity contribution is 7.22. The molecular weight excluding hydrogens is 300 g/mol. The first-order chi connectivity index (χ1) is 10.2. The van der Waals surface area contributed by atoms with Crippen molar-refractivity contribution in [2.45, 2.75) is 46.1 Å². The molecular formula is C16H22N2O3S. The second-order valence-electron chi connectivity index (χ2n) is 6.18. The Morgan fingerprint density at radius 3 is 2.77 bits per heavy atom. The molecule has 2 rings (SSSR count). The van der Waals surface area contributed by atoms with Crippen LogP contribution >= 0.6 is 11.3 Å². The summed E-state index contributed by atoms with van der Waals surface area (Å²) in [7, 11) is 0. The highest BCUT2D eigenvalue weighted by atomic mass is 32.1. The van der Waals surface area contributed by atoms with Gasteiger partial charge in [-0.25, -0.2) is 4.98 Å². The molecule has 0 saturated heterocycles. The normalized spacial score (nSPS) is 11.6. The molecule has 1 heterocycles. The van der Waals surface area contributed by atoms with E-state index >= 15 is 0 Å². The fraction of sp³-hybridized carbons (Fsp3) is 0.500. The number of carbonyl (C=O) groups is 1. The van der Waals surface area contributed by atoms with Gasteiger partial charge in [0.25, 0.3) is 0 Å². The van der Waals surface area contributed by atoms with Gasteiger partial charge in [-0.15, -0.1) is 0 Å². The maximum Gasteiger partial charge on any atom is 0.306 e. The zero-order chi connectivity index (χ0) is 16.3. The van der Waals surface area contributed by atoms with Crippen LogP contribution in [0.15, 0.2) is 12.1 Å². The van der Waals surface area contributed by atoms with Gasteiger partial charge in [-0.2, -0.15) is 0 Å². The van der Waals surface area contributed by atoms with Crippen molar-refractivity contribution in [2.75, 3.05) is 12.3 Å². The molecule has 0 amide bonds. The number of esters is 1. The molecule has 0 aliphatic heterocycles. The lowest BCUT2D eigenvalue weighted by Gasteiger charge is -2.19. The molecule has 0 saturated carbocycles. The third-order valence-electron chi connectivity index (χ3n) is 2.89. The summed E-state index contributed by atoms with van der Waals surface area (Å²) in [5.41, 5.74) is 7.25. The van der Waals surface area contributed by atoms with Crippen LogP contribution in [-0.4, -0.2) is 23.2 Å². The monoisotopic (exact) mass is 322 g/mol. The van der Waals surface area contributed by atoms with Crippen LogP contribution in [0.2, 0.25) is 0 Å². The number of nitrogens with two attached hydrogens (primary N) is 1. The smallest absolute Gasteiger partial charge is 0.306 e. The van der Waals surface area contributed by atoms with Crippen LogP contribution < -0.4 is 10.5 Å². The number of aryl methyl sites for hydroxylation is 1. The van der Waals surface area contributed by atoms with Crippen LogP contribution in [0.3, 0.4) is 0 Å². The van der Waals surface area contributed by atoms with Gasteiger partial charge in [0.1, 0.15) is 11.4 Å². The maximum absolute atomic E-state index is 11.6. The number of hydrogen-bond acceptors (Lipinski definition) is 6. The topological polar surface area (TPSA) is 74.4 Å². The minimum Gasteiger partial charge on any atom is -0.494 e. The molecule has 0 aliphatic rings. The fourth-order valence-corrected chi connectivity index (χ4v) is 2.91. The number of nitrogens with zero attached hydrogens (tertiary/aromatic N) is 1. The van der Waals surface area contributed by atoms with Crippen molar-refractivity contribution in [3.8, 4) is 5.75 Å². The van der Waals surface area contributed by atoms with Gasteiger partial charge in [0.15, 0.2) is 5.13 Å². The van der Waals surface area contributed by atoms with E-state index in [-0.39, 0.29) is 5.97 Å². The van der Waals surface area contributed by atoms with Gasteiger partial charge in [-0.1, -0.05) is 11.3 Å². The quantitative estimate of drug-likeness (QED) is 0.671. The number of thiazole rings is 1. The molecule has 1 aromatic heterocycles. The van der Waals surface area contributed by atoms with Crippen molar-refractivity contribution in [1.29, 1.82) is 0 Å². The number of aromatic nitrogens is 1. The zero-order valence-electron chi connectivity index (χ0n) is 13.4. The molecule has 0 atom stereocenters. The summed E-state index contributed by atoms with van der Waals surface area (Å²) in [6.45, 7) is 8.04. The Labute approximate surface area is 134 Å². The van der Waals surface area contributed by atoms with Gasteiger partial charge in [-0.05, 0) is 51.8 Å². The molecule has 2 N–H and O–H groups in total. The molecule has 2 aromatic rings. The molecule has 0 bridgehead atoms. The molecule has 5 nitrogen and oxygen atoms in total. The molecule has 0 aliphatic carbocycles. The average Bonchev–Trinajstić information content (AvgIpc) is 2.74. The number of ether oxygens (including phenoxy) is 2. The van der Waals surface area contributed by atoms with E-state index in [1.54, 1.807) is 0 Å². The predicted octanol–water partition coefficient (Wildman–Crippen LogP) is 3.69. The van der Waals surface area contributed by atoms with Gasteiger partial charge in [0.2, 0.25) is 0 Å². The first kappa shape index (κ1) is 16.5. The fourth-order valence-electron chi connectivity index (χ4n) is 2.06. The molecule has 0 spiro atoms. The Kier molecular flexibility index (Phi) is 4.90. The Bertz CT molecular complexity index is 674. The summed E-state index contributed by atoms with van der Waals surface area (Å²) in [6, 6.07) is 3.87. The molecule has 6 heteroatoms. The number of carbonyl (C=O) groups excluding carboxylic acids is 1. The van der Waals surface area contributed by atoms with E-state index in [0.29, 0.717) is 24.6 Å². The zero-order valence-corrected chi connectivity index (χ0v) is 14.3. The van der Waals surface area contributed by atoms with Gasteiger partial charge in [-0.3, -0.25) is 4.79 Å². The molecule has 0 fully saturated rings. The highest BCUT2D eigenvalue weighted by Gasteiger charge is 2.15. The minimum atomic E-state index is -0.438. The molecule has 120 valence electrons. The van der Waals surface area contributed by atoms with E-state index in [0.717, 1.165) is 21.5 Å². The summed E-state index contributed by atoms with van der Waals surface area (Å²) in [5.74, 6) is 0.579. The van der Waals surface area contributed by atoms with Crippen molar-refractivity contribution in [3.05, 3.63) is 17.7 Å². The van der Waals surface area contributed by atoms with Crippen LogP contribution in [0.4, 0.5) is 5.13 Å². The Hall–Kier alpha value is -1.82. The van der Waals surface area contributed by atoms with Crippen LogP contribution in [0.1, 0.15) is 39.2 Å². The van der Waals surface area contributed by atoms with Crippen molar-refractivity contribution in [1.82, 2.24) is 4.98 Å². The Balaban J connectivity index is 1.86.